The molecule has 0 bridgehead atoms. The van der Waals surface area contributed by atoms with Crippen molar-refractivity contribution in [2.75, 3.05) is 26.2 Å². The topological polar surface area (TPSA) is 66.7 Å². The molecule has 1 aliphatic rings. The number of oxazole rings is 1. The number of carbonyl (C=O) groups excluding carboxylic acids is 2. The Hall–Kier alpha value is -3.15. The van der Waals surface area contributed by atoms with Crippen molar-refractivity contribution in [3.63, 3.8) is 0 Å². The minimum Gasteiger partial charge on any atom is -0.436 e. The predicted molar refractivity (Wildman–Crippen MR) is 97.6 cm³/mol. The van der Waals surface area contributed by atoms with Crippen LogP contribution in [0.3, 0.4) is 0 Å². The Balaban J connectivity index is 1.56. The van der Waals surface area contributed by atoms with E-state index in [0.717, 1.165) is 16.7 Å². The van der Waals surface area contributed by atoms with Crippen LogP contribution in [-0.2, 0) is 4.79 Å². The highest BCUT2D eigenvalue weighted by Gasteiger charge is 2.23. The summed E-state index contributed by atoms with van der Waals surface area (Å²) < 4.78 is 5.79. The molecule has 2 amide bonds. The molecule has 0 N–H and O–H groups in total. The fourth-order valence-corrected chi connectivity index (χ4v) is 3.19. The summed E-state index contributed by atoms with van der Waals surface area (Å²) in [4.78, 5) is 32.3. The fraction of sp³-hybridized carbons (Fsp3) is 0.250. The summed E-state index contributed by atoms with van der Waals surface area (Å²) in [5.41, 5.74) is 2.88. The molecule has 0 spiro atoms. The Morgan fingerprint density at radius 2 is 1.69 bits per heavy atom. The van der Waals surface area contributed by atoms with Gasteiger partial charge < -0.3 is 14.2 Å². The highest BCUT2D eigenvalue weighted by Crippen LogP contribution is 2.25. The van der Waals surface area contributed by atoms with E-state index in [4.69, 9.17) is 4.42 Å². The highest BCUT2D eigenvalue weighted by molar-refractivity contribution is 5.95. The zero-order valence-corrected chi connectivity index (χ0v) is 14.5. The van der Waals surface area contributed by atoms with Gasteiger partial charge in [-0.1, -0.05) is 18.2 Å². The van der Waals surface area contributed by atoms with Crippen LogP contribution in [-0.4, -0.2) is 52.8 Å². The van der Waals surface area contributed by atoms with Crippen molar-refractivity contribution in [3.8, 4) is 11.5 Å². The standard InChI is InChI=1S/C20H19N3O3/c1-14(24)22-9-11-23(12-10-22)20(25)16-6-4-5-15(13-16)19-21-17-7-2-3-8-18(17)26-19/h2-8,13H,9-12H2,1H3. The molecule has 0 unspecified atom stereocenters. The molecule has 0 aliphatic carbocycles. The van der Waals surface area contributed by atoms with Crippen LogP contribution in [0.25, 0.3) is 22.6 Å². The van der Waals surface area contributed by atoms with Crippen LogP contribution in [0.5, 0.6) is 0 Å². The molecular weight excluding hydrogens is 330 g/mol. The second-order valence-corrected chi connectivity index (χ2v) is 6.37. The molecule has 2 heterocycles. The van der Waals surface area contributed by atoms with Gasteiger partial charge in [-0.2, -0.15) is 0 Å². The van der Waals surface area contributed by atoms with E-state index in [9.17, 15) is 9.59 Å². The van der Waals surface area contributed by atoms with Crippen molar-refractivity contribution in [1.29, 1.82) is 0 Å². The average molecular weight is 349 g/mol. The first kappa shape index (κ1) is 16.3. The average Bonchev–Trinajstić information content (AvgIpc) is 3.12. The molecule has 132 valence electrons. The quantitative estimate of drug-likeness (QED) is 0.713. The van der Waals surface area contributed by atoms with E-state index in [0.29, 0.717) is 37.6 Å². The predicted octanol–water partition coefficient (Wildman–Crippen LogP) is 2.80. The molecule has 1 saturated heterocycles. The van der Waals surface area contributed by atoms with E-state index >= 15 is 0 Å². The van der Waals surface area contributed by atoms with Crippen molar-refractivity contribution in [3.05, 3.63) is 54.1 Å². The fourth-order valence-electron chi connectivity index (χ4n) is 3.19. The third-order valence-electron chi connectivity index (χ3n) is 4.66. The smallest absolute Gasteiger partial charge is 0.253 e. The lowest BCUT2D eigenvalue weighted by atomic mass is 10.1. The number of amides is 2. The van der Waals surface area contributed by atoms with Gasteiger partial charge in [0.15, 0.2) is 5.58 Å². The largest absolute Gasteiger partial charge is 0.436 e. The summed E-state index contributed by atoms with van der Waals surface area (Å²) in [5, 5.41) is 0. The van der Waals surface area contributed by atoms with Gasteiger partial charge in [-0.25, -0.2) is 4.98 Å². The van der Waals surface area contributed by atoms with Crippen LogP contribution in [0.1, 0.15) is 17.3 Å². The van der Waals surface area contributed by atoms with Crippen molar-refractivity contribution < 1.29 is 14.0 Å². The van der Waals surface area contributed by atoms with E-state index in [1.165, 1.54) is 0 Å². The number of benzene rings is 2. The third-order valence-corrected chi connectivity index (χ3v) is 4.66. The van der Waals surface area contributed by atoms with Crippen molar-refractivity contribution in [2.45, 2.75) is 6.92 Å². The summed E-state index contributed by atoms with van der Waals surface area (Å²) >= 11 is 0. The molecule has 6 heteroatoms. The summed E-state index contributed by atoms with van der Waals surface area (Å²) in [6, 6.07) is 14.9. The number of carbonyl (C=O) groups is 2. The first-order chi connectivity index (χ1) is 12.6. The van der Waals surface area contributed by atoms with Crippen molar-refractivity contribution in [1.82, 2.24) is 14.8 Å². The summed E-state index contributed by atoms with van der Waals surface area (Å²) in [6.07, 6.45) is 0. The Labute approximate surface area is 151 Å². The van der Waals surface area contributed by atoms with E-state index in [1.54, 1.807) is 22.8 Å². The van der Waals surface area contributed by atoms with Gasteiger partial charge in [0.2, 0.25) is 11.8 Å². The zero-order valence-electron chi connectivity index (χ0n) is 14.5. The first-order valence-corrected chi connectivity index (χ1v) is 8.62. The van der Waals surface area contributed by atoms with E-state index in [2.05, 4.69) is 4.98 Å². The molecule has 1 aromatic heterocycles. The summed E-state index contributed by atoms with van der Waals surface area (Å²) in [5.74, 6) is 0.517. The van der Waals surface area contributed by atoms with Crippen LogP contribution in [0, 0.1) is 0 Å². The number of hydrogen-bond acceptors (Lipinski definition) is 4. The van der Waals surface area contributed by atoms with Gasteiger partial charge in [0, 0.05) is 44.2 Å². The highest BCUT2D eigenvalue weighted by atomic mass is 16.3. The maximum atomic E-state index is 12.8. The van der Waals surface area contributed by atoms with Gasteiger partial charge in [-0.15, -0.1) is 0 Å². The number of piperazine rings is 1. The summed E-state index contributed by atoms with van der Waals surface area (Å²) in [7, 11) is 0. The number of para-hydroxylation sites is 2. The van der Waals surface area contributed by atoms with Crippen LogP contribution < -0.4 is 0 Å². The second-order valence-electron chi connectivity index (χ2n) is 6.37. The zero-order chi connectivity index (χ0) is 18.1. The lowest BCUT2D eigenvalue weighted by Gasteiger charge is -2.34. The van der Waals surface area contributed by atoms with Crippen molar-refractivity contribution in [2.24, 2.45) is 0 Å². The van der Waals surface area contributed by atoms with E-state index in [-0.39, 0.29) is 11.8 Å². The lowest BCUT2D eigenvalue weighted by Crippen LogP contribution is -2.50. The van der Waals surface area contributed by atoms with Gasteiger partial charge in [0.1, 0.15) is 5.52 Å². The number of hydrogen-bond donors (Lipinski definition) is 0. The first-order valence-electron chi connectivity index (χ1n) is 8.62. The molecule has 4 rings (SSSR count). The number of rotatable bonds is 2. The molecule has 1 aliphatic heterocycles. The molecule has 0 atom stereocenters. The van der Waals surface area contributed by atoms with Crippen LogP contribution in [0.15, 0.2) is 52.9 Å². The minimum atomic E-state index is -0.0360. The normalized spacial score (nSPS) is 14.7. The number of nitrogens with zero attached hydrogens (tertiary/aromatic N) is 3. The van der Waals surface area contributed by atoms with Crippen LogP contribution >= 0.6 is 0 Å². The second kappa shape index (κ2) is 6.63. The lowest BCUT2D eigenvalue weighted by molar-refractivity contribution is -0.130. The van der Waals surface area contributed by atoms with Crippen molar-refractivity contribution >= 4 is 22.9 Å². The van der Waals surface area contributed by atoms with Gasteiger partial charge in [0.05, 0.1) is 0 Å². The van der Waals surface area contributed by atoms with Gasteiger partial charge >= 0.3 is 0 Å². The molecule has 1 fully saturated rings. The maximum absolute atomic E-state index is 12.8. The molecule has 2 aromatic carbocycles. The third kappa shape index (κ3) is 3.06. The molecule has 0 radical (unpaired) electrons. The molecule has 3 aromatic rings. The molecule has 0 saturated carbocycles. The Morgan fingerprint density at radius 1 is 0.962 bits per heavy atom. The number of fused-ring (bicyclic) bond motifs is 1. The van der Waals surface area contributed by atoms with E-state index < -0.39 is 0 Å². The molecular formula is C20H19N3O3. The van der Waals surface area contributed by atoms with Gasteiger partial charge in [-0.3, -0.25) is 9.59 Å². The number of aromatic nitrogens is 1. The Morgan fingerprint density at radius 3 is 2.42 bits per heavy atom. The Kier molecular flexibility index (Phi) is 4.16. The Bertz CT molecular complexity index is 938. The van der Waals surface area contributed by atoms with Gasteiger partial charge in [-0.05, 0) is 30.3 Å². The minimum absolute atomic E-state index is 0.0360. The van der Waals surface area contributed by atoms with Crippen LogP contribution in [0.4, 0.5) is 0 Å². The monoisotopic (exact) mass is 349 g/mol. The summed E-state index contributed by atoms with van der Waals surface area (Å²) in [6.45, 7) is 3.80. The molecule has 26 heavy (non-hydrogen) atoms. The van der Waals surface area contributed by atoms with E-state index in [1.807, 2.05) is 42.5 Å². The SMILES string of the molecule is CC(=O)N1CCN(C(=O)c2cccc(-c3nc4ccccc4o3)c2)CC1. The van der Waals surface area contributed by atoms with Crippen LogP contribution in [0.2, 0.25) is 0 Å². The van der Waals surface area contributed by atoms with Gasteiger partial charge in [0.25, 0.3) is 5.91 Å². The maximum Gasteiger partial charge on any atom is 0.253 e. The molecule has 6 nitrogen and oxygen atoms in total.